The van der Waals surface area contributed by atoms with E-state index in [2.05, 4.69) is 20.8 Å². The Labute approximate surface area is 99.7 Å². The van der Waals surface area contributed by atoms with Gasteiger partial charge in [-0.25, -0.2) is 4.79 Å². The number of carbonyl (C=O) groups is 1. The Morgan fingerprint density at radius 1 is 1.12 bits per heavy atom. The predicted octanol–water partition coefficient (Wildman–Crippen LogP) is 2.37. The van der Waals surface area contributed by atoms with Crippen LogP contribution >= 0.6 is 0 Å². The molecule has 0 aliphatic heterocycles. The third kappa shape index (κ3) is 5.31. The molecule has 0 aromatic rings. The number of ether oxygens (including phenoxy) is 1. The van der Waals surface area contributed by atoms with Crippen LogP contribution in [0.4, 0.5) is 0 Å². The third-order valence-electron chi connectivity index (χ3n) is 3.31. The number of rotatable bonds is 8. The molecule has 0 spiro atoms. The van der Waals surface area contributed by atoms with E-state index in [-0.39, 0.29) is 5.97 Å². The first-order valence-electron chi connectivity index (χ1n) is 6.32. The quantitative estimate of drug-likeness (QED) is 0.362. The highest BCUT2D eigenvalue weighted by Gasteiger charge is 2.20. The van der Waals surface area contributed by atoms with Crippen molar-refractivity contribution in [2.75, 3.05) is 32.8 Å². The van der Waals surface area contributed by atoms with E-state index in [0.29, 0.717) is 6.61 Å². The molecule has 0 radical (unpaired) electrons. The van der Waals surface area contributed by atoms with Gasteiger partial charge in [0.25, 0.3) is 0 Å². The van der Waals surface area contributed by atoms with Gasteiger partial charge in [-0.2, -0.15) is 0 Å². The van der Waals surface area contributed by atoms with Gasteiger partial charge in [0.1, 0.15) is 13.2 Å². The smallest absolute Gasteiger partial charge is 0.330 e. The van der Waals surface area contributed by atoms with Crippen molar-refractivity contribution < 1.29 is 14.0 Å². The van der Waals surface area contributed by atoms with Crippen molar-refractivity contribution in [1.29, 1.82) is 0 Å². The Morgan fingerprint density at radius 2 is 1.69 bits per heavy atom. The van der Waals surface area contributed by atoms with E-state index in [9.17, 15) is 4.79 Å². The van der Waals surface area contributed by atoms with E-state index < -0.39 is 0 Å². The minimum absolute atomic E-state index is 0.219. The molecule has 0 atom stereocenters. The van der Waals surface area contributed by atoms with Gasteiger partial charge >= 0.3 is 5.97 Å². The summed E-state index contributed by atoms with van der Waals surface area (Å²) in [5.74, 6) is -0.219. The zero-order chi connectivity index (χ0) is 12.4. The first kappa shape index (κ1) is 15.2. The monoisotopic (exact) mass is 228 g/mol. The number of esters is 1. The Morgan fingerprint density at radius 3 is 2.12 bits per heavy atom. The Bertz CT molecular complexity index is 212. The van der Waals surface area contributed by atoms with E-state index in [1.165, 1.54) is 6.08 Å². The lowest BCUT2D eigenvalue weighted by Gasteiger charge is -2.35. The second kappa shape index (κ2) is 8.34. The Kier molecular flexibility index (Phi) is 7.90. The number of likely N-dealkylation sites (N-methyl/N-ethyl adjacent to an activating group) is 1. The second-order valence-electron chi connectivity index (χ2n) is 3.99. The van der Waals surface area contributed by atoms with Gasteiger partial charge in [-0.05, 0) is 27.2 Å². The topological polar surface area (TPSA) is 26.3 Å². The molecule has 0 fully saturated rings. The molecule has 0 rings (SSSR count). The first-order chi connectivity index (χ1) is 7.64. The average molecular weight is 228 g/mol. The maximum atomic E-state index is 11.2. The lowest BCUT2D eigenvalue weighted by molar-refractivity contribution is -0.923. The normalized spacial score (nSPS) is 12.0. The fraction of sp³-hybridized carbons (Fsp3) is 0.769. The zero-order valence-electron chi connectivity index (χ0n) is 11.2. The number of quaternary nitrogens is 1. The molecule has 0 aromatic heterocycles. The molecular formula is C13H26NO2+. The molecule has 3 heteroatoms. The highest BCUT2D eigenvalue weighted by Crippen LogP contribution is 2.05. The van der Waals surface area contributed by atoms with Crippen LogP contribution in [0.2, 0.25) is 0 Å². The summed E-state index contributed by atoms with van der Waals surface area (Å²) >= 11 is 0. The van der Waals surface area contributed by atoms with Crippen LogP contribution in [0.15, 0.2) is 12.2 Å². The first-order valence-corrected chi connectivity index (χ1v) is 6.32. The van der Waals surface area contributed by atoms with Gasteiger partial charge in [-0.3, -0.25) is 0 Å². The van der Waals surface area contributed by atoms with Crippen molar-refractivity contribution in [3.8, 4) is 0 Å². The summed E-state index contributed by atoms with van der Waals surface area (Å²) in [4.78, 5) is 11.2. The van der Waals surface area contributed by atoms with Gasteiger partial charge < -0.3 is 9.22 Å². The molecule has 0 aromatic carbocycles. The predicted molar refractivity (Wildman–Crippen MR) is 67.1 cm³/mol. The van der Waals surface area contributed by atoms with Gasteiger partial charge in [-0.1, -0.05) is 13.0 Å². The lowest BCUT2D eigenvalue weighted by Crippen LogP contribution is -2.49. The van der Waals surface area contributed by atoms with Crippen LogP contribution in [0.5, 0.6) is 0 Å². The molecule has 0 unspecified atom stereocenters. The van der Waals surface area contributed by atoms with Gasteiger partial charge in [0.05, 0.1) is 19.6 Å². The van der Waals surface area contributed by atoms with Gasteiger partial charge in [0, 0.05) is 6.08 Å². The van der Waals surface area contributed by atoms with Gasteiger partial charge in [-0.15, -0.1) is 0 Å². The summed E-state index contributed by atoms with van der Waals surface area (Å²) in [6.45, 7) is 13.3. The van der Waals surface area contributed by atoms with Crippen LogP contribution in [-0.2, 0) is 9.53 Å². The van der Waals surface area contributed by atoms with Crippen molar-refractivity contribution in [1.82, 2.24) is 0 Å². The SMILES string of the molecule is CC/C=C/C(=O)OCC[N+](CC)(CC)CC. The van der Waals surface area contributed by atoms with Gasteiger partial charge in [0.2, 0.25) is 0 Å². The van der Waals surface area contributed by atoms with Gasteiger partial charge in [0.15, 0.2) is 0 Å². The van der Waals surface area contributed by atoms with Crippen molar-refractivity contribution in [2.24, 2.45) is 0 Å². The van der Waals surface area contributed by atoms with Crippen LogP contribution in [-0.4, -0.2) is 43.2 Å². The van der Waals surface area contributed by atoms with Crippen LogP contribution in [0.3, 0.4) is 0 Å². The number of hydrogen-bond donors (Lipinski definition) is 0. The molecule has 0 saturated carbocycles. The minimum atomic E-state index is -0.219. The van der Waals surface area contributed by atoms with E-state index in [0.717, 1.165) is 37.1 Å². The largest absolute Gasteiger partial charge is 0.457 e. The molecule has 16 heavy (non-hydrogen) atoms. The zero-order valence-corrected chi connectivity index (χ0v) is 11.2. The van der Waals surface area contributed by atoms with E-state index in [1.54, 1.807) is 0 Å². The Balaban J connectivity index is 3.95. The molecular weight excluding hydrogens is 202 g/mol. The average Bonchev–Trinajstić information content (AvgIpc) is 2.33. The molecule has 0 amide bonds. The molecule has 0 N–H and O–H groups in total. The summed E-state index contributed by atoms with van der Waals surface area (Å²) in [7, 11) is 0. The molecule has 3 nitrogen and oxygen atoms in total. The summed E-state index contributed by atoms with van der Waals surface area (Å²) in [6, 6.07) is 0. The molecule has 0 aliphatic carbocycles. The highest BCUT2D eigenvalue weighted by molar-refractivity contribution is 5.81. The maximum Gasteiger partial charge on any atom is 0.330 e. The lowest BCUT2D eigenvalue weighted by atomic mass is 10.3. The molecule has 0 heterocycles. The van der Waals surface area contributed by atoms with E-state index in [1.807, 2.05) is 13.0 Å². The number of hydrogen-bond acceptors (Lipinski definition) is 2. The second-order valence-corrected chi connectivity index (χ2v) is 3.99. The third-order valence-corrected chi connectivity index (χ3v) is 3.31. The van der Waals surface area contributed by atoms with Crippen LogP contribution in [0, 0.1) is 0 Å². The van der Waals surface area contributed by atoms with Crippen LogP contribution in [0.1, 0.15) is 34.1 Å². The summed E-state index contributed by atoms with van der Waals surface area (Å²) < 4.78 is 6.18. The summed E-state index contributed by atoms with van der Waals surface area (Å²) in [5.41, 5.74) is 0. The molecule has 0 aliphatic rings. The highest BCUT2D eigenvalue weighted by atomic mass is 16.5. The standard InChI is InChI=1S/C13H26NO2/c1-5-9-10-13(15)16-12-11-14(6-2,7-3)8-4/h9-10H,5-8,11-12H2,1-4H3/q+1/b10-9+. The van der Waals surface area contributed by atoms with Crippen molar-refractivity contribution >= 4 is 5.97 Å². The summed E-state index contributed by atoms with van der Waals surface area (Å²) in [6.07, 6.45) is 4.20. The van der Waals surface area contributed by atoms with Crippen molar-refractivity contribution in [2.45, 2.75) is 34.1 Å². The maximum absolute atomic E-state index is 11.2. The molecule has 0 saturated heterocycles. The fourth-order valence-electron chi connectivity index (χ4n) is 1.75. The fourth-order valence-corrected chi connectivity index (χ4v) is 1.75. The number of allylic oxidation sites excluding steroid dienone is 1. The van der Waals surface area contributed by atoms with Crippen molar-refractivity contribution in [3.63, 3.8) is 0 Å². The van der Waals surface area contributed by atoms with Crippen LogP contribution in [0.25, 0.3) is 0 Å². The number of carbonyl (C=O) groups excluding carboxylic acids is 1. The van der Waals surface area contributed by atoms with E-state index in [4.69, 9.17) is 4.74 Å². The molecule has 94 valence electrons. The van der Waals surface area contributed by atoms with Crippen LogP contribution < -0.4 is 0 Å². The summed E-state index contributed by atoms with van der Waals surface area (Å²) in [5, 5.41) is 0. The Hall–Kier alpha value is -0.830. The number of nitrogens with zero attached hydrogens (tertiary/aromatic N) is 1. The van der Waals surface area contributed by atoms with Crippen molar-refractivity contribution in [3.05, 3.63) is 12.2 Å². The minimum Gasteiger partial charge on any atom is -0.457 e. The van der Waals surface area contributed by atoms with E-state index >= 15 is 0 Å². The molecule has 0 bridgehead atoms.